The standard InChI is InChI=1S/C24H18FN5O/c25-23-21-15-30(19-3-1-2-18(14-19)28-16-6-10-26-11-7-16)24(31)20(21)4-5-22(23)29-17-8-12-27-13-9-17/h1-14H,15H2,(H,26,28)(H,27,29). The number of hydrogen-bond donors (Lipinski definition) is 2. The lowest BCUT2D eigenvalue weighted by atomic mass is 10.1. The van der Waals surface area contributed by atoms with Crippen molar-refractivity contribution in [2.75, 3.05) is 15.5 Å². The number of nitrogens with zero attached hydrogens (tertiary/aromatic N) is 3. The molecule has 1 aliphatic heterocycles. The van der Waals surface area contributed by atoms with Crippen molar-refractivity contribution in [1.29, 1.82) is 0 Å². The Morgan fingerprint density at radius 2 is 1.48 bits per heavy atom. The second-order valence-electron chi connectivity index (χ2n) is 7.12. The van der Waals surface area contributed by atoms with Crippen molar-refractivity contribution in [2.24, 2.45) is 0 Å². The van der Waals surface area contributed by atoms with Gasteiger partial charge in [0.05, 0.1) is 12.2 Å². The van der Waals surface area contributed by atoms with E-state index in [1.807, 2.05) is 36.4 Å². The maximum Gasteiger partial charge on any atom is 0.259 e. The van der Waals surface area contributed by atoms with E-state index in [-0.39, 0.29) is 12.5 Å². The normalized spacial score (nSPS) is 12.5. The third-order valence-corrected chi connectivity index (χ3v) is 5.12. The van der Waals surface area contributed by atoms with E-state index < -0.39 is 5.82 Å². The number of aromatic nitrogens is 2. The number of nitrogens with one attached hydrogen (secondary N) is 2. The first-order chi connectivity index (χ1) is 15.2. The highest BCUT2D eigenvalue weighted by Crippen LogP contribution is 2.34. The molecule has 1 aliphatic rings. The first-order valence-corrected chi connectivity index (χ1v) is 9.76. The summed E-state index contributed by atoms with van der Waals surface area (Å²) in [5, 5.41) is 6.33. The molecule has 0 saturated heterocycles. The van der Waals surface area contributed by atoms with Crippen LogP contribution in [0.25, 0.3) is 0 Å². The SMILES string of the molecule is O=C1c2ccc(Nc3ccncc3)c(F)c2CN1c1cccc(Nc2ccncc2)c1. The minimum Gasteiger partial charge on any atom is -0.355 e. The Morgan fingerprint density at radius 1 is 0.806 bits per heavy atom. The third kappa shape index (κ3) is 3.69. The summed E-state index contributed by atoms with van der Waals surface area (Å²) in [6.07, 6.45) is 6.66. The molecule has 0 fully saturated rings. The van der Waals surface area contributed by atoms with Crippen LogP contribution in [0.2, 0.25) is 0 Å². The van der Waals surface area contributed by atoms with Crippen molar-refractivity contribution < 1.29 is 9.18 Å². The molecule has 3 heterocycles. The van der Waals surface area contributed by atoms with Gasteiger partial charge in [-0.25, -0.2) is 4.39 Å². The number of carbonyl (C=O) groups is 1. The Labute approximate surface area is 178 Å². The zero-order valence-corrected chi connectivity index (χ0v) is 16.4. The summed E-state index contributed by atoms with van der Waals surface area (Å²) < 4.78 is 15.2. The van der Waals surface area contributed by atoms with E-state index in [0.717, 1.165) is 17.1 Å². The van der Waals surface area contributed by atoms with Crippen LogP contribution in [0.3, 0.4) is 0 Å². The smallest absolute Gasteiger partial charge is 0.259 e. The summed E-state index contributed by atoms with van der Waals surface area (Å²) >= 11 is 0. The molecule has 2 aromatic carbocycles. The molecule has 2 N–H and O–H groups in total. The van der Waals surface area contributed by atoms with Crippen LogP contribution in [0.15, 0.2) is 85.5 Å². The molecule has 0 bridgehead atoms. The Hall–Kier alpha value is -4.26. The lowest BCUT2D eigenvalue weighted by Gasteiger charge is -2.17. The topological polar surface area (TPSA) is 70.2 Å². The summed E-state index contributed by atoms with van der Waals surface area (Å²) in [5.41, 5.74) is 4.23. The van der Waals surface area contributed by atoms with E-state index in [9.17, 15) is 4.79 Å². The van der Waals surface area contributed by atoms with Gasteiger partial charge in [0.25, 0.3) is 5.91 Å². The van der Waals surface area contributed by atoms with E-state index in [2.05, 4.69) is 20.6 Å². The van der Waals surface area contributed by atoms with Gasteiger partial charge in [-0.2, -0.15) is 0 Å². The monoisotopic (exact) mass is 411 g/mol. The Morgan fingerprint density at radius 3 is 2.19 bits per heavy atom. The van der Waals surface area contributed by atoms with E-state index >= 15 is 4.39 Å². The van der Waals surface area contributed by atoms with Gasteiger partial charge in [-0.1, -0.05) is 6.07 Å². The molecule has 0 unspecified atom stereocenters. The molecule has 2 aromatic heterocycles. The zero-order chi connectivity index (χ0) is 21.2. The number of pyridine rings is 2. The Balaban J connectivity index is 1.41. The molecule has 7 heteroatoms. The van der Waals surface area contributed by atoms with Crippen LogP contribution in [0.5, 0.6) is 0 Å². The fourth-order valence-electron chi connectivity index (χ4n) is 3.60. The molecule has 6 nitrogen and oxygen atoms in total. The summed E-state index contributed by atoms with van der Waals surface area (Å²) in [7, 11) is 0. The van der Waals surface area contributed by atoms with Crippen LogP contribution in [0.4, 0.5) is 32.8 Å². The van der Waals surface area contributed by atoms with Crippen LogP contribution < -0.4 is 15.5 Å². The van der Waals surface area contributed by atoms with Gasteiger partial charge in [0, 0.05) is 58.7 Å². The average Bonchev–Trinajstić information content (AvgIpc) is 3.14. The molecule has 152 valence electrons. The van der Waals surface area contributed by atoms with Crippen LogP contribution in [0.1, 0.15) is 15.9 Å². The summed E-state index contributed by atoms with van der Waals surface area (Å²) in [4.78, 5) is 22.5. The van der Waals surface area contributed by atoms with Gasteiger partial charge in [0.2, 0.25) is 0 Å². The average molecular weight is 411 g/mol. The number of rotatable bonds is 5. The largest absolute Gasteiger partial charge is 0.355 e. The maximum absolute atomic E-state index is 15.2. The molecular weight excluding hydrogens is 393 g/mol. The van der Waals surface area contributed by atoms with E-state index in [0.29, 0.717) is 22.5 Å². The first-order valence-electron chi connectivity index (χ1n) is 9.76. The molecule has 5 rings (SSSR count). The summed E-state index contributed by atoms with van der Waals surface area (Å²) in [5.74, 6) is -0.637. The van der Waals surface area contributed by atoms with Crippen molar-refractivity contribution in [1.82, 2.24) is 9.97 Å². The molecule has 0 atom stereocenters. The van der Waals surface area contributed by atoms with E-state index in [1.54, 1.807) is 54.0 Å². The number of amides is 1. The lowest BCUT2D eigenvalue weighted by molar-refractivity contribution is 0.0996. The number of carbonyl (C=O) groups excluding carboxylic acids is 1. The highest BCUT2D eigenvalue weighted by atomic mass is 19.1. The lowest BCUT2D eigenvalue weighted by Crippen LogP contribution is -2.22. The molecule has 4 aromatic rings. The molecule has 0 radical (unpaired) electrons. The summed E-state index contributed by atoms with van der Waals surface area (Å²) in [6, 6.07) is 18.0. The van der Waals surface area contributed by atoms with Crippen LogP contribution >= 0.6 is 0 Å². The highest BCUT2D eigenvalue weighted by Gasteiger charge is 2.32. The molecule has 31 heavy (non-hydrogen) atoms. The van der Waals surface area contributed by atoms with Crippen molar-refractivity contribution in [2.45, 2.75) is 6.54 Å². The minimum absolute atomic E-state index is 0.171. The van der Waals surface area contributed by atoms with Crippen LogP contribution in [-0.2, 0) is 6.54 Å². The van der Waals surface area contributed by atoms with E-state index in [4.69, 9.17) is 0 Å². The molecule has 0 aliphatic carbocycles. The predicted molar refractivity (Wildman–Crippen MR) is 118 cm³/mol. The quantitative estimate of drug-likeness (QED) is 0.469. The third-order valence-electron chi connectivity index (χ3n) is 5.12. The van der Waals surface area contributed by atoms with Gasteiger partial charge >= 0.3 is 0 Å². The second kappa shape index (κ2) is 7.87. The fraction of sp³-hybridized carbons (Fsp3) is 0.0417. The van der Waals surface area contributed by atoms with Crippen molar-refractivity contribution in [3.05, 3.63) is 102 Å². The number of anilines is 5. The highest BCUT2D eigenvalue weighted by molar-refractivity contribution is 6.10. The zero-order valence-electron chi connectivity index (χ0n) is 16.4. The van der Waals surface area contributed by atoms with Crippen LogP contribution in [-0.4, -0.2) is 15.9 Å². The van der Waals surface area contributed by atoms with Gasteiger partial charge in [0.1, 0.15) is 0 Å². The van der Waals surface area contributed by atoms with Crippen molar-refractivity contribution >= 4 is 34.3 Å². The Kier molecular flexibility index (Phi) is 4.76. The molecule has 0 spiro atoms. The van der Waals surface area contributed by atoms with Gasteiger partial charge < -0.3 is 15.5 Å². The molecule has 0 saturated carbocycles. The first kappa shape index (κ1) is 18.7. The molecular formula is C24H18FN5O. The second-order valence-corrected chi connectivity index (χ2v) is 7.12. The maximum atomic E-state index is 15.2. The van der Waals surface area contributed by atoms with Gasteiger partial charge in [-0.3, -0.25) is 14.8 Å². The van der Waals surface area contributed by atoms with Crippen molar-refractivity contribution in [3.8, 4) is 0 Å². The minimum atomic E-state index is -0.420. The number of benzene rings is 2. The van der Waals surface area contributed by atoms with E-state index in [1.165, 1.54) is 0 Å². The van der Waals surface area contributed by atoms with Gasteiger partial charge in [-0.15, -0.1) is 0 Å². The number of halogens is 1. The predicted octanol–water partition coefficient (Wildman–Crippen LogP) is 5.26. The van der Waals surface area contributed by atoms with Gasteiger partial charge in [0.15, 0.2) is 5.82 Å². The summed E-state index contributed by atoms with van der Waals surface area (Å²) in [6.45, 7) is 0.171. The van der Waals surface area contributed by atoms with Crippen LogP contribution in [0, 0.1) is 5.82 Å². The number of fused-ring (bicyclic) bond motifs is 1. The van der Waals surface area contributed by atoms with Gasteiger partial charge in [-0.05, 0) is 54.6 Å². The fourth-order valence-corrected chi connectivity index (χ4v) is 3.60. The number of hydrogen-bond acceptors (Lipinski definition) is 5. The molecule has 1 amide bonds. The Bertz CT molecular complexity index is 1250. The van der Waals surface area contributed by atoms with Crippen molar-refractivity contribution in [3.63, 3.8) is 0 Å².